The molecule has 0 saturated heterocycles. The summed E-state index contributed by atoms with van der Waals surface area (Å²) < 4.78 is 6.18. The minimum absolute atomic E-state index is 0.0828. The van der Waals surface area contributed by atoms with Gasteiger partial charge in [0, 0.05) is 31.9 Å². The highest BCUT2D eigenvalue weighted by molar-refractivity contribution is 6.06. The quantitative estimate of drug-likeness (QED) is 0.505. The molecule has 2 N–H and O–H groups in total. The van der Waals surface area contributed by atoms with Crippen LogP contribution in [0.3, 0.4) is 0 Å². The molecule has 2 heterocycles. The van der Waals surface area contributed by atoms with E-state index < -0.39 is 12.0 Å². The molecule has 2 unspecified atom stereocenters. The summed E-state index contributed by atoms with van der Waals surface area (Å²) in [5.41, 5.74) is 9.41. The molecule has 184 valence electrons. The molecule has 4 rings (SSSR count). The Kier molecular flexibility index (Phi) is 6.96. The van der Waals surface area contributed by atoms with E-state index in [1.807, 2.05) is 25.1 Å². The van der Waals surface area contributed by atoms with Crippen LogP contribution in [0.1, 0.15) is 57.9 Å². The lowest BCUT2D eigenvalue weighted by Gasteiger charge is -2.41. The van der Waals surface area contributed by atoms with E-state index in [1.165, 1.54) is 25.0 Å². The third kappa shape index (κ3) is 4.94. The van der Waals surface area contributed by atoms with Crippen LogP contribution < -0.4 is 15.5 Å². The average molecular weight is 476 g/mol. The molecule has 1 aromatic carbocycles. The number of benzene rings is 1. The molecule has 2 atom stereocenters. The van der Waals surface area contributed by atoms with Crippen LogP contribution >= 0.6 is 0 Å². The number of amides is 3. The van der Waals surface area contributed by atoms with Crippen molar-refractivity contribution >= 4 is 34.7 Å². The normalized spacial score (nSPS) is 21.8. The van der Waals surface area contributed by atoms with Gasteiger partial charge >= 0.3 is 0 Å². The van der Waals surface area contributed by atoms with E-state index in [9.17, 15) is 14.4 Å². The average Bonchev–Trinajstić information content (AvgIpc) is 3.10. The lowest BCUT2D eigenvalue weighted by Crippen LogP contribution is -2.53. The summed E-state index contributed by atoms with van der Waals surface area (Å²) in [6.45, 7) is 11.6. The number of hydrogen-bond acceptors (Lipinski definition) is 4. The van der Waals surface area contributed by atoms with Crippen LogP contribution in [0, 0.1) is 0 Å². The van der Waals surface area contributed by atoms with Crippen molar-refractivity contribution in [3.05, 3.63) is 66.0 Å². The molecule has 0 spiro atoms. The van der Waals surface area contributed by atoms with Crippen molar-refractivity contribution in [2.45, 2.75) is 64.5 Å². The standard InChI is InChI=1S/C28H33N3O4/c1-17(10-11-18(2)27(29)33)21-12-13-23-24(14-21)30(16-19(3)31(23)20(4)32)28(34)26-15-22-8-6-5-7-9-25(22)35-26/h10-14,19,26H,1-2,5-9,15-16H2,3-4H3,(H2,29,33)/b11-10-. The maximum absolute atomic E-state index is 13.8. The number of ether oxygens (including phenoxy) is 1. The van der Waals surface area contributed by atoms with Crippen molar-refractivity contribution in [3.8, 4) is 0 Å². The number of allylic oxidation sites excluding steroid dienone is 3. The topological polar surface area (TPSA) is 92.9 Å². The fourth-order valence-electron chi connectivity index (χ4n) is 5.12. The first-order chi connectivity index (χ1) is 16.7. The van der Waals surface area contributed by atoms with Crippen LogP contribution in [0.2, 0.25) is 0 Å². The molecule has 0 aromatic heterocycles. The summed E-state index contributed by atoms with van der Waals surface area (Å²) >= 11 is 0. The van der Waals surface area contributed by atoms with E-state index in [0.717, 1.165) is 37.0 Å². The van der Waals surface area contributed by atoms with Crippen LogP contribution in [-0.2, 0) is 19.1 Å². The second-order valence-corrected chi connectivity index (χ2v) is 9.54. The van der Waals surface area contributed by atoms with Crippen molar-refractivity contribution in [2.24, 2.45) is 5.73 Å². The van der Waals surface area contributed by atoms with Crippen molar-refractivity contribution in [1.82, 2.24) is 0 Å². The molecule has 2 aliphatic heterocycles. The van der Waals surface area contributed by atoms with E-state index in [1.54, 1.807) is 15.9 Å². The van der Waals surface area contributed by atoms with E-state index in [4.69, 9.17) is 10.5 Å². The first kappa shape index (κ1) is 24.5. The van der Waals surface area contributed by atoms with Crippen LogP contribution in [0.15, 0.2) is 60.4 Å². The van der Waals surface area contributed by atoms with Gasteiger partial charge in [0.25, 0.3) is 5.91 Å². The summed E-state index contributed by atoms with van der Waals surface area (Å²) in [4.78, 5) is 41.0. The number of carbonyl (C=O) groups excluding carboxylic acids is 3. The molecule has 7 nitrogen and oxygen atoms in total. The van der Waals surface area contributed by atoms with E-state index in [-0.39, 0.29) is 23.4 Å². The lowest BCUT2D eigenvalue weighted by molar-refractivity contribution is -0.127. The number of rotatable bonds is 5. The van der Waals surface area contributed by atoms with Gasteiger partial charge in [-0.2, -0.15) is 0 Å². The van der Waals surface area contributed by atoms with Gasteiger partial charge in [-0.05, 0) is 61.1 Å². The zero-order valence-corrected chi connectivity index (χ0v) is 20.5. The highest BCUT2D eigenvalue weighted by Crippen LogP contribution is 2.41. The number of nitrogens with two attached hydrogens (primary N) is 1. The number of anilines is 2. The minimum Gasteiger partial charge on any atom is -0.485 e. The Morgan fingerprint density at radius 2 is 1.83 bits per heavy atom. The molecule has 35 heavy (non-hydrogen) atoms. The molecule has 1 aliphatic carbocycles. The Hall–Kier alpha value is -3.61. The molecule has 0 bridgehead atoms. The van der Waals surface area contributed by atoms with Crippen LogP contribution in [0.4, 0.5) is 11.4 Å². The van der Waals surface area contributed by atoms with E-state index in [0.29, 0.717) is 29.9 Å². The summed E-state index contributed by atoms with van der Waals surface area (Å²) in [7, 11) is 0. The minimum atomic E-state index is -0.606. The molecule has 0 radical (unpaired) electrons. The smallest absolute Gasteiger partial charge is 0.268 e. The number of primary amides is 1. The van der Waals surface area contributed by atoms with Crippen LogP contribution in [0.25, 0.3) is 5.57 Å². The van der Waals surface area contributed by atoms with Gasteiger partial charge in [-0.1, -0.05) is 31.7 Å². The monoisotopic (exact) mass is 475 g/mol. The van der Waals surface area contributed by atoms with Crippen LogP contribution in [0.5, 0.6) is 0 Å². The molecule has 3 aliphatic rings. The lowest BCUT2D eigenvalue weighted by atomic mass is 9.99. The summed E-state index contributed by atoms with van der Waals surface area (Å²) in [6.07, 6.45) is 8.61. The highest BCUT2D eigenvalue weighted by Gasteiger charge is 2.39. The van der Waals surface area contributed by atoms with E-state index >= 15 is 0 Å². The van der Waals surface area contributed by atoms with Gasteiger partial charge in [0.15, 0.2) is 6.10 Å². The second kappa shape index (κ2) is 9.94. The summed E-state index contributed by atoms with van der Waals surface area (Å²) in [5, 5.41) is 0. The largest absolute Gasteiger partial charge is 0.485 e. The molecule has 3 amide bonds. The highest BCUT2D eigenvalue weighted by atomic mass is 16.5. The predicted molar refractivity (Wildman–Crippen MR) is 138 cm³/mol. The number of nitrogens with zero attached hydrogens (tertiary/aromatic N) is 2. The molecule has 1 aromatic rings. The fraction of sp³-hybridized carbons (Fsp3) is 0.393. The van der Waals surface area contributed by atoms with Gasteiger partial charge in [-0.15, -0.1) is 0 Å². The number of carbonyl (C=O) groups is 3. The Bertz CT molecular complexity index is 1140. The molecule has 7 heteroatoms. The van der Waals surface area contributed by atoms with Crippen molar-refractivity contribution in [3.63, 3.8) is 0 Å². The summed E-state index contributed by atoms with van der Waals surface area (Å²) in [6, 6.07) is 5.38. The zero-order valence-electron chi connectivity index (χ0n) is 20.5. The third-order valence-electron chi connectivity index (χ3n) is 6.96. The second-order valence-electron chi connectivity index (χ2n) is 9.54. The van der Waals surface area contributed by atoms with Gasteiger partial charge < -0.3 is 20.3 Å². The van der Waals surface area contributed by atoms with Gasteiger partial charge in [-0.3, -0.25) is 14.4 Å². The first-order valence-corrected chi connectivity index (χ1v) is 12.2. The zero-order chi connectivity index (χ0) is 25.3. The van der Waals surface area contributed by atoms with Crippen molar-refractivity contribution < 1.29 is 19.1 Å². The SMILES string of the molecule is C=C(/C=C\C(=C)c1ccc2c(c1)N(C(=O)C1CC3=C(CCCCC3)O1)CC(C)N2C(C)=O)C(N)=O. The molecular formula is C28H33N3O4. The van der Waals surface area contributed by atoms with Gasteiger partial charge in [0.2, 0.25) is 11.8 Å². The van der Waals surface area contributed by atoms with Gasteiger partial charge in [0.1, 0.15) is 0 Å². The third-order valence-corrected chi connectivity index (χ3v) is 6.96. The molecule has 0 fully saturated rings. The fourth-order valence-corrected chi connectivity index (χ4v) is 5.12. The molecule has 0 saturated carbocycles. The first-order valence-electron chi connectivity index (χ1n) is 12.2. The summed E-state index contributed by atoms with van der Waals surface area (Å²) in [5.74, 6) is 0.222. The van der Waals surface area contributed by atoms with Crippen molar-refractivity contribution in [2.75, 3.05) is 16.3 Å². The maximum Gasteiger partial charge on any atom is 0.268 e. The molecular weight excluding hydrogens is 442 g/mol. The Morgan fingerprint density at radius 3 is 2.54 bits per heavy atom. The number of hydrogen-bond donors (Lipinski definition) is 1. The van der Waals surface area contributed by atoms with Gasteiger partial charge in [-0.25, -0.2) is 0 Å². The van der Waals surface area contributed by atoms with E-state index in [2.05, 4.69) is 13.2 Å². The van der Waals surface area contributed by atoms with Gasteiger partial charge in [0.05, 0.1) is 23.2 Å². The Morgan fingerprint density at radius 1 is 1.09 bits per heavy atom. The van der Waals surface area contributed by atoms with Crippen LogP contribution in [-0.4, -0.2) is 36.4 Å². The predicted octanol–water partition coefficient (Wildman–Crippen LogP) is 4.39. The number of fused-ring (bicyclic) bond motifs is 1. The Labute approximate surface area is 206 Å². The Balaban J connectivity index is 1.65. The maximum atomic E-state index is 13.8. The van der Waals surface area contributed by atoms with Crippen molar-refractivity contribution in [1.29, 1.82) is 0 Å².